The van der Waals surface area contributed by atoms with E-state index < -0.39 is 36.2 Å². The van der Waals surface area contributed by atoms with Crippen LogP contribution in [0.25, 0.3) is 0 Å². The number of amides is 2. The number of benzene rings is 2. The number of nitrogens with one attached hydrogen (secondary N) is 2. The summed E-state index contributed by atoms with van der Waals surface area (Å²) in [6.07, 6.45) is 0.614. The van der Waals surface area contributed by atoms with Gasteiger partial charge >= 0.3 is 5.97 Å². The quantitative estimate of drug-likeness (QED) is 0.636. The number of hydrogen-bond donors (Lipinski definition) is 2. The Kier molecular flexibility index (Phi) is 8.15. The second kappa shape index (κ2) is 10.6. The zero-order chi connectivity index (χ0) is 21.4. The van der Waals surface area contributed by atoms with Crippen LogP contribution in [0.4, 0.5) is 10.1 Å². The maximum atomic E-state index is 12.9. The van der Waals surface area contributed by atoms with E-state index in [4.69, 9.17) is 16.3 Å². The predicted octanol–water partition coefficient (Wildman–Crippen LogP) is 3.81. The van der Waals surface area contributed by atoms with Gasteiger partial charge in [-0.3, -0.25) is 9.59 Å². The zero-order valence-corrected chi connectivity index (χ0v) is 16.8. The molecule has 0 bridgehead atoms. The van der Waals surface area contributed by atoms with Gasteiger partial charge in [0.15, 0.2) is 6.61 Å². The third-order valence-electron chi connectivity index (χ3n) is 4.33. The van der Waals surface area contributed by atoms with Crippen LogP contribution in [0.15, 0.2) is 48.5 Å². The molecule has 2 rings (SSSR count). The van der Waals surface area contributed by atoms with Crippen molar-refractivity contribution in [1.29, 1.82) is 0 Å². The Morgan fingerprint density at radius 3 is 2.28 bits per heavy atom. The predicted molar refractivity (Wildman–Crippen MR) is 108 cm³/mol. The lowest BCUT2D eigenvalue weighted by atomic mass is 9.99. The topological polar surface area (TPSA) is 84.5 Å². The standard InChI is InChI=1S/C21H22ClFN2O4/c1-3-13(2)19(25-20(27)14-4-6-15(22)7-5-14)21(28)29-12-18(26)24-17-10-8-16(23)9-11-17/h4-11,13,19H,3,12H2,1-2H3,(H,24,26)(H,25,27). The summed E-state index contributed by atoms with van der Waals surface area (Å²) in [6.45, 7) is 3.15. The summed E-state index contributed by atoms with van der Waals surface area (Å²) < 4.78 is 18.0. The molecule has 6 nitrogen and oxygen atoms in total. The lowest BCUT2D eigenvalue weighted by Gasteiger charge is -2.22. The minimum absolute atomic E-state index is 0.209. The molecule has 0 saturated heterocycles. The number of carbonyl (C=O) groups excluding carboxylic acids is 3. The molecule has 0 aliphatic rings. The monoisotopic (exact) mass is 420 g/mol. The zero-order valence-electron chi connectivity index (χ0n) is 16.1. The highest BCUT2D eigenvalue weighted by molar-refractivity contribution is 6.30. The van der Waals surface area contributed by atoms with Gasteiger partial charge in [-0.2, -0.15) is 0 Å². The summed E-state index contributed by atoms with van der Waals surface area (Å²) in [7, 11) is 0. The molecule has 2 N–H and O–H groups in total. The van der Waals surface area contributed by atoms with Crippen molar-refractivity contribution in [3.63, 3.8) is 0 Å². The van der Waals surface area contributed by atoms with Crippen LogP contribution in [0.2, 0.25) is 5.02 Å². The Labute approximate surface area is 173 Å². The minimum Gasteiger partial charge on any atom is -0.454 e. The summed E-state index contributed by atoms with van der Waals surface area (Å²) in [4.78, 5) is 36.9. The molecule has 2 aromatic rings. The third kappa shape index (κ3) is 6.87. The first-order chi connectivity index (χ1) is 13.8. The Morgan fingerprint density at radius 1 is 1.07 bits per heavy atom. The van der Waals surface area contributed by atoms with Gasteiger partial charge in [-0.1, -0.05) is 31.9 Å². The maximum Gasteiger partial charge on any atom is 0.329 e. The Morgan fingerprint density at radius 2 is 1.69 bits per heavy atom. The van der Waals surface area contributed by atoms with E-state index >= 15 is 0 Å². The molecule has 0 aliphatic carbocycles. The Hall–Kier alpha value is -2.93. The van der Waals surface area contributed by atoms with Crippen LogP contribution < -0.4 is 10.6 Å². The average Bonchev–Trinajstić information content (AvgIpc) is 2.71. The van der Waals surface area contributed by atoms with Crippen molar-refractivity contribution in [3.05, 3.63) is 64.9 Å². The maximum absolute atomic E-state index is 12.9. The van der Waals surface area contributed by atoms with E-state index in [1.165, 1.54) is 24.3 Å². The number of esters is 1. The molecule has 0 radical (unpaired) electrons. The van der Waals surface area contributed by atoms with Gasteiger partial charge in [-0.05, 0) is 54.4 Å². The van der Waals surface area contributed by atoms with Gasteiger partial charge in [0.25, 0.3) is 11.8 Å². The van der Waals surface area contributed by atoms with Crippen LogP contribution in [0, 0.1) is 11.7 Å². The largest absolute Gasteiger partial charge is 0.454 e. The number of ether oxygens (including phenoxy) is 1. The summed E-state index contributed by atoms with van der Waals surface area (Å²) in [5, 5.41) is 5.64. The number of rotatable bonds is 8. The van der Waals surface area contributed by atoms with Crippen LogP contribution in [0.5, 0.6) is 0 Å². The van der Waals surface area contributed by atoms with Gasteiger partial charge in [0, 0.05) is 16.3 Å². The van der Waals surface area contributed by atoms with Crippen LogP contribution in [-0.4, -0.2) is 30.4 Å². The SMILES string of the molecule is CCC(C)C(NC(=O)c1ccc(Cl)cc1)C(=O)OCC(=O)Nc1ccc(F)cc1. The molecule has 0 saturated carbocycles. The number of halogens is 2. The molecule has 2 aromatic carbocycles. The van der Waals surface area contributed by atoms with Crippen LogP contribution >= 0.6 is 11.6 Å². The molecular weight excluding hydrogens is 399 g/mol. The van der Waals surface area contributed by atoms with Crippen molar-refractivity contribution >= 4 is 35.1 Å². The van der Waals surface area contributed by atoms with Crippen molar-refractivity contribution in [2.24, 2.45) is 5.92 Å². The molecule has 2 amide bonds. The molecule has 0 heterocycles. The van der Waals surface area contributed by atoms with E-state index in [9.17, 15) is 18.8 Å². The van der Waals surface area contributed by atoms with Gasteiger partial charge in [0.1, 0.15) is 11.9 Å². The van der Waals surface area contributed by atoms with Crippen molar-refractivity contribution < 1.29 is 23.5 Å². The highest BCUT2D eigenvalue weighted by atomic mass is 35.5. The van der Waals surface area contributed by atoms with Crippen molar-refractivity contribution in [2.75, 3.05) is 11.9 Å². The number of hydrogen-bond acceptors (Lipinski definition) is 4. The summed E-state index contributed by atoms with van der Waals surface area (Å²) in [5.74, 6) is -2.37. The second-order valence-electron chi connectivity index (χ2n) is 6.51. The van der Waals surface area contributed by atoms with Crippen molar-refractivity contribution in [3.8, 4) is 0 Å². The molecule has 154 valence electrons. The van der Waals surface area contributed by atoms with Gasteiger partial charge in [0.2, 0.25) is 0 Å². The summed E-state index contributed by atoms with van der Waals surface area (Å²) >= 11 is 5.82. The van der Waals surface area contributed by atoms with Crippen molar-refractivity contribution in [2.45, 2.75) is 26.3 Å². The van der Waals surface area contributed by atoms with Gasteiger partial charge in [-0.15, -0.1) is 0 Å². The van der Waals surface area contributed by atoms with E-state index in [1.54, 1.807) is 31.2 Å². The molecular formula is C21H22ClFN2O4. The fourth-order valence-electron chi connectivity index (χ4n) is 2.45. The first-order valence-corrected chi connectivity index (χ1v) is 9.46. The molecule has 2 atom stereocenters. The molecule has 0 fully saturated rings. The first-order valence-electron chi connectivity index (χ1n) is 9.08. The van der Waals surface area contributed by atoms with E-state index in [0.29, 0.717) is 22.7 Å². The summed E-state index contributed by atoms with van der Waals surface area (Å²) in [6, 6.07) is 10.5. The van der Waals surface area contributed by atoms with Gasteiger partial charge in [-0.25, -0.2) is 9.18 Å². The van der Waals surface area contributed by atoms with E-state index in [-0.39, 0.29) is 5.92 Å². The third-order valence-corrected chi connectivity index (χ3v) is 4.59. The smallest absolute Gasteiger partial charge is 0.329 e. The van der Waals surface area contributed by atoms with E-state index in [1.807, 2.05) is 6.92 Å². The molecule has 2 unspecified atom stereocenters. The molecule has 29 heavy (non-hydrogen) atoms. The second-order valence-corrected chi connectivity index (χ2v) is 6.94. The lowest BCUT2D eigenvalue weighted by molar-refractivity contribution is -0.150. The highest BCUT2D eigenvalue weighted by Crippen LogP contribution is 2.13. The molecule has 0 spiro atoms. The van der Waals surface area contributed by atoms with Crippen LogP contribution in [0.1, 0.15) is 30.6 Å². The van der Waals surface area contributed by atoms with Crippen LogP contribution in [-0.2, 0) is 14.3 Å². The molecule has 8 heteroatoms. The Bertz CT molecular complexity index is 856. The first kappa shape index (κ1) is 22.4. The number of carbonyl (C=O) groups is 3. The fraction of sp³-hybridized carbons (Fsp3) is 0.286. The van der Waals surface area contributed by atoms with E-state index in [0.717, 1.165) is 0 Å². The van der Waals surface area contributed by atoms with Gasteiger partial charge < -0.3 is 15.4 Å². The Balaban J connectivity index is 1.95. The van der Waals surface area contributed by atoms with E-state index in [2.05, 4.69) is 10.6 Å². The molecule has 0 aromatic heterocycles. The minimum atomic E-state index is -0.915. The fourth-order valence-corrected chi connectivity index (χ4v) is 2.58. The average molecular weight is 421 g/mol. The lowest BCUT2D eigenvalue weighted by Crippen LogP contribution is -2.46. The molecule has 0 aliphatic heterocycles. The normalized spacial score (nSPS) is 12.6. The highest BCUT2D eigenvalue weighted by Gasteiger charge is 2.28. The van der Waals surface area contributed by atoms with Crippen LogP contribution in [0.3, 0.4) is 0 Å². The number of anilines is 1. The van der Waals surface area contributed by atoms with Gasteiger partial charge in [0.05, 0.1) is 0 Å². The summed E-state index contributed by atoms with van der Waals surface area (Å²) in [5.41, 5.74) is 0.728. The van der Waals surface area contributed by atoms with Crippen molar-refractivity contribution in [1.82, 2.24) is 5.32 Å².